The second-order valence-corrected chi connectivity index (χ2v) is 15.3. The Hall–Kier alpha value is -8.14. The molecule has 0 saturated carbocycles. The first-order valence-electron chi connectivity index (χ1n) is 26.0. The van der Waals surface area contributed by atoms with E-state index in [0.717, 1.165) is 70.7 Å². The third-order valence-electron chi connectivity index (χ3n) is 11.9. The molecule has 0 spiro atoms. The predicted molar refractivity (Wildman–Crippen MR) is 258 cm³/mol. The largest absolute Gasteiger partial charge is 0.309 e. The van der Waals surface area contributed by atoms with Crippen LogP contribution in [-0.4, -0.2) is 13.7 Å². The van der Waals surface area contributed by atoms with Gasteiger partial charge in [-0.3, -0.25) is 0 Å². The number of hydrogen-bond donors (Lipinski definition) is 0. The Labute approximate surface area is 369 Å². The molecule has 284 valence electrons. The van der Waals surface area contributed by atoms with E-state index in [2.05, 4.69) is 118 Å². The maximum atomic E-state index is 9.68. The topological polar surface area (TPSA) is 14.8 Å². The Balaban J connectivity index is 0.944. The highest BCUT2D eigenvalue weighted by molar-refractivity contribution is 6.13. The Morgan fingerprint density at radius 2 is 0.820 bits per heavy atom. The molecule has 0 radical (unpaired) electrons. The van der Waals surface area contributed by atoms with Crippen LogP contribution in [0.2, 0.25) is 0 Å². The van der Waals surface area contributed by atoms with Crippen LogP contribution >= 0.6 is 0 Å². The van der Waals surface area contributed by atoms with Crippen LogP contribution in [0.5, 0.6) is 0 Å². The third kappa shape index (κ3) is 5.17. The van der Waals surface area contributed by atoms with Crippen LogP contribution < -0.4 is 0 Å². The number of nitrogens with zero attached hydrogens (tertiary/aromatic N) is 3. The first-order chi connectivity index (χ1) is 35.2. The summed E-state index contributed by atoms with van der Waals surface area (Å²) in [5.41, 5.74) is 8.06. The van der Waals surface area contributed by atoms with Crippen molar-refractivity contribution in [1.29, 1.82) is 0 Å². The minimum absolute atomic E-state index is 0.0373. The van der Waals surface area contributed by atoms with Crippen LogP contribution in [0.15, 0.2) is 224 Å². The monoisotopic (exact) mass is 787 g/mol. The fourth-order valence-corrected chi connectivity index (χ4v) is 9.20. The van der Waals surface area contributed by atoms with Gasteiger partial charge in [-0.1, -0.05) is 127 Å². The molecular weight excluding hydrogens is 739 g/mol. The van der Waals surface area contributed by atoms with Crippen LogP contribution in [0.25, 0.3) is 116 Å². The van der Waals surface area contributed by atoms with E-state index in [4.69, 9.17) is 12.3 Å². The zero-order valence-corrected chi connectivity index (χ0v) is 32.3. The van der Waals surface area contributed by atoms with Crippen molar-refractivity contribution < 1.29 is 16.4 Å². The summed E-state index contributed by atoms with van der Waals surface area (Å²) in [7, 11) is 0. The fraction of sp³-hybridized carbons (Fsp3) is 0. The van der Waals surface area contributed by atoms with E-state index in [-0.39, 0.29) is 33.4 Å². The van der Waals surface area contributed by atoms with Crippen LogP contribution in [0, 0.1) is 0 Å². The maximum absolute atomic E-state index is 9.68. The number of para-hydroxylation sites is 5. The molecule has 10 aromatic carbocycles. The van der Waals surface area contributed by atoms with Gasteiger partial charge in [0, 0.05) is 49.4 Å². The van der Waals surface area contributed by atoms with Crippen LogP contribution in [0.4, 0.5) is 0 Å². The summed E-state index contributed by atoms with van der Waals surface area (Å²) in [5, 5.41) is 5.93. The van der Waals surface area contributed by atoms with E-state index >= 15 is 0 Å². The number of aromatic nitrogens is 3. The number of benzene rings is 10. The van der Waals surface area contributed by atoms with Crippen molar-refractivity contribution in [3.8, 4) is 39.3 Å². The van der Waals surface area contributed by atoms with E-state index in [0.29, 0.717) is 5.56 Å². The summed E-state index contributed by atoms with van der Waals surface area (Å²) in [4.78, 5) is 0. The van der Waals surface area contributed by atoms with Gasteiger partial charge in [0.1, 0.15) is 0 Å². The lowest BCUT2D eigenvalue weighted by atomic mass is 9.99. The summed E-state index contributed by atoms with van der Waals surface area (Å²) in [6.45, 7) is 0. The number of hydrogen-bond acceptors (Lipinski definition) is 0. The second-order valence-electron chi connectivity index (χ2n) is 15.3. The summed E-state index contributed by atoms with van der Waals surface area (Å²) >= 11 is 0. The van der Waals surface area contributed by atoms with E-state index < -0.39 is 72.2 Å². The highest BCUT2D eigenvalue weighted by Crippen LogP contribution is 2.40. The first-order valence-corrected chi connectivity index (χ1v) is 20.0. The van der Waals surface area contributed by atoms with Crippen molar-refractivity contribution >= 4 is 76.2 Å². The van der Waals surface area contributed by atoms with Gasteiger partial charge in [-0.05, 0) is 130 Å². The maximum Gasteiger partial charge on any atom is 0.0645 e. The summed E-state index contributed by atoms with van der Waals surface area (Å²) in [6.07, 6.45) is 0. The lowest BCUT2D eigenvalue weighted by Gasteiger charge is -2.11. The van der Waals surface area contributed by atoms with Crippen LogP contribution in [0.1, 0.15) is 16.4 Å². The smallest absolute Gasteiger partial charge is 0.0645 e. The predicted octanol–water partition coefficient (Wildman–Crippen LogP) is 15.5. The van der Waals surface area contributed by atoms with Crippen LogP contribution in [0.3, 0.4) is 0 Å². The van der Waals surface area contributed by atoms with Gasteiger partial charge in [0.2, 0.25) is 0 Å². The van der Waals surface area contributed by atoms with E-state index in [1.54, 1.807) is 6.07 Å². The number of fused-ring (bicyclic) bond motifs is 10. The normalized spacial score (nSPS) is 14.7. The van der Waals surface area contributed by atoms with E-state index in [9.17, 15) is 4.11 Å². The van der Waals surface area contributed by atoms with Gasteiger partial charge in [0.05, 0.1) is 49.5 Å². The molecule has 0 unspecified atom stereocenters. The SMILES string of the molecule is [2H]c1c([2H])c([2H])c(-n2c3c([2H])c([2H])c([2H])c([2H])c3c3c([2H])c(-c4ccc5cc(-n6c7ccccc7c7cc(-c8ccc9c(c8)c8ccccc8n9-c8ccccc8)ccc76)ccc5c4)c([2H])c([2H])c32)c([2H])c1[2H]. The molecule has 0 aliphatic carbocycles. The summed E-state index contributed by atoms with van der Waals surface area (Å²) < 4.78 is 112. The molecule has 3 nitrogen and oxygen atoms in total. The average molecular weight is 788 g/mol. The van der Waals surface area contributed by atoms with Gasteiger partial charge in [-0.25, -0.2) is 0 Å². The molecule has 3 aromatic heterocycles. The lowest BCUT2D eigenvalue weighted by molar-refractivity contribution is 1.18. The number of rotatable bonds is 5. The Morgan fingerprint density at radius 1 is 0.279 bits per heavy atom. The molecule has 3 heteroatoms. The van der Waals surface area contributed by atoms with Gasteiger partial charge in [0.15, 0.2) is 0 Å². The van der Waals surface area contributed by atoms with Crippen molar-refractivity contribution in [2.75, 3.05) is 0 Å². The molecule has 61 heavy (non-hydrogen) atoms. The van der Waals surface area contributed by atoms with Crippen molar-refractivity contribution in [3.63, 3.8) is 0 Å². The molecule has 0 atom stereocenters. The zero-order valence-electron chi connectivity index (χ0n) is 44.3. The third-order valence-corrected chi connectivity index (χ3v) is 11.9. The molecule has 0 fully saturated rings. The van der Waals surface area contributed by atoms with Crippen molar-refractivity contribution in [3.05, 3.63) is 224 Å². The summed E-state index contributed by atoms with van der Waals surface area (Å²) in [5.74, 6) is 0. The fourth-order valence-electron chi connectivity index (χ4n) is 9.20. The molecule has 0 bridgehead atoms. The molecule has 0 aliphatic rings. The van der Waals surface area contributed by atoms with Crippen LogP contribution in [-0.2, 0) is 0 Å². The second kappa shape index (κ2) is 13.2. The molecule has 0 aliphatic heterocycles. The Kier molecular flexibility index (Phi) is 5.20. The molecule has 13 aromatic rings. The quantitative estimate of drug-likeness (QED) is 0.165. The van der Waals surface area contributed by atoms with Crippen molar-refractivity contribution in [2.45, 2.75) is 0 Å². The minimum atomic E-state index is -0.687. The highest BCUT2D eigenvalue weighted by Gasteiger charge is 2.17. The van der Waals surface area contributed by atoms with Gasteiger partial charge in [-0.15, -0.1) is 0 Å². The standard InChI is InChI=1S/C58H37N3/c1-3-13-44(14-4-1)59-53-20-10-7-17-47(53)50-35-41(26-30-56(50)59)38-23-24-40-34-46(29-25-39(40)33-38)61-55-22-12-9-19-49(55)52-37-43(28-32-58(52)61)42-27-31-57-51(36-42)48-18-8-11-21-54(48)60(57)45-15-5-2-6-16-45/h1-37H/i1D,3D,4D,7D,10D,13D,14D,17D,20D,26D,30D,35D. The molecule has 3 heterocycles. The molecular formula is C58H37N3. The molecule has 0 N–H and O–H groups in total. The Bertz CT molecular complexity index is 4560. The zero-order chi connectivity index (χ0) is 50.5. The first kappa shape index (κ1) is 24.1. The van der Waals surface area contributed by atoms with E-state index in [1.807, 2.05) is 36.4 Å². The van der Waals surface area contributed by atoms with Gasteiger partial charge in [-0.2, -0.15) is 0 Å². The summed E-state index contributed by atoms with van der Waals surface area (Å²) in [6, 6.07) is 45.2. The van der Waals surface area contributed by atoms with E-state index in [1.165, 1.54) is 10.8 Å². The van der Waals surface area contributed by atoms with Gasteiger partial charge in [0.25, 0.3) is 0 Å². The van der Waals surface area contributed by atoms with Gasteiger partial charge >= 0.3 is 0 Å². The average Bonchev–Trinajstić information content (AvgIpc) is 4.06. The molecule has 0 saturated heterocycles. The van der Waals surface area contributed by atoms with Gasteiger partial charge < -0.3 is 13.7 Å². The highest BCUT2D eigenvalue weighted by atomic mass is 15.0. The minimum Gasteiger partial charge on any atom is -0.309 e. The van der Waals surface area contributed by atoms with Crippen molar-refractivity contribution in [2.24, 2.45) is 0 Å². The Morgan fingerprint density at radius 3 is 1.56 bits per heavy atom. The molecule has 0 amide bonds. The lowest BCUT2D eigenvalue weighted by Crippen LogP contribution is -1.94. The van der Waals surface area contributed by atoms with Crippen molar-refractivity contribution in [1.82, 2.24) is 13.7 Å². The molecule has 13 rings (SSSR count).